The lowest BCUT2D eigenvalue weighted by Crippen LogP contribution is -2.14. The maximum Gasteiger partial charge on any atom is 0.131 e. The van der Waals surface area contributed by atoms with E-state index >= 15 is 0 Å². The minimum absolute atomic E-state index is 0.767. The summed E-state index contributed by atoms with van der Waals surface area (Å²) in [6.45, 7) is 0.930. The largest absolute Gasteiger partial charge is 0.308 e. The topological polar surface area (TPSA) is 37.8 Å². The Morgan fingerprint density at radius 3 is 2.67 bits per heavy atom. The molecule has 1 aromatic rings. The summed E-state index contributed by atoms with van der Waals surface area (Å²) in [6.07, 6.45) is 9.81. The lowest BCUT2D eigenvalue weighted by Gasteiger charge is -2.19. The van der Waals surface area contributed by atoms with E-state index in [1.807, 2.05) is 11.3 Å². The van der Waals surface area contributed by atoms with Gasteiger partial charge in [-0.1, -0.05) is 6.42 Å². The second-order valence-corrected chi connectivity index (χ2v) is 7.53. The fourth-order valence-electron chi connectivity index (χ4n) is 3.81. The second-order valence-electron chi connectivity index (χ2n) is 6.38. The molecule has 0 saturated heterocycles. The van der Waals surface area contributed by atoms with E-state index in [-0.39, 0.29) is 0 Å². The van der Waals surface area contributed by atoms with E-state index in [0.717, 1.165) is 30.3 Å². The van der Waals surface area contributed by atoms with Crippen LogP contribution in [0, 0.1) is 17.8 Å². The highest BCUT2D eigenvalue weighted by Crippen LogP contribution is 2.49. The third kappa shape index (κ3) is 2.32. The van der Waals surface area contributed by atoms with E-state index in [9.17, 15) is 0 Å². The van der Waals surface area contributed by atoms with Crippen molar-refractivity contribution in [2.24, 2.45) is 17.8 Å². The predicted octanol–water partition coefficient (Wildman–Crippen LogP) is 2.77. The Balaban J connectivity index is 1.33. The van der Waals surface area contributed by atoms with E-state index in [0.29, 0.717) is 0 Å². The van der Waals surface area contributed by atoms with Crippen LogP contribution in [-0.2, 0) is 13.0 Å². The molecule has 3 nitrogen and oxygen atoms in total. The number of hydrogen-bond acceptors (Lipinski definition) is 4. The molecule has 4 heteroatoms. The second kappa shape index (κ2) is 4.57. The Morgan fingerprint density at radius 2 is 1.94 bits per heavy atom. The molecule has 3 saturated carbocycles. The lowest BCUT2D eigenvalue weighted by atomic mass is 9.87. The molecule has 2 bridgehead atoms. The molecule has 0 amide bonds. The van der Waals surface area contributed by atoms with Crippen LogP contribution in [0.2, 0.25) is 0 Å². The van der Waals surface area contributed by atoms with Gasteiger partial charge in [0.15, 0.2) is 0 Å². The van der Waals surface area contributed by atoms with Crippen molar-refractivity contribution in [3.05, 3.63) is 10.0 Å². The van der Waals surface area contributed by atoms with Crippen molar-refractivity contribution in [2.75, 3.05) is 0 Å². The van der Waals surface area contributed by atoms with Crippen LogP contribution in [0.15, 0.2) is 0 Å². The van der Waals surface area contributed by atoms with Gasteiger partial charge in [-0.25, -0.2) is 0 Å². The van der Waals surface area contributed by atoms with E-state index in [2.05, 4.69) is 15.5 Å². The monoisotopic (exact) mass is 263 g/mol. The van der Waals surface area contributed by atoms with Crippen LogP contribution in [0.1, 0.15) is 48.5 Å². The van der Waals surface area contributed by atoms with Crippen LogP contribution in [0.25, 0.3) is 0 Å². The van der Waals surface area contributed by atoms with Gasteiger partial charge in [0.2, 0.25) is 0 Å². The van der Waals surface area contributed by atoms with Crippen LogP contribution in [0.3, 0.4) is 0 Å². The first-order chi connectivity index (χ1) is 8.87. The van der Waals surface area contributed by atoms with Crippen molar-refractivity contribution in [3.8, 4) is 0 Å². The van der Waals surface area contributed by atoms with Gasteiger partial charge in [0.05, 0.1) is 0 Å². The number of nitrogens with one attached hydrogen (secondary N) is 1. The first kappa shape index (κ1) is 11.4. The van der Waals surface area contributed by atoms with Crippen molar-refractivity contribution in [3.63, 3.8) is 0 Å². The molecule has 3 aliphatic carbocycles. The molecule has 0 aromatic carbocycles. The van der Waals surface area contributed by atoms with Gasteiger partial charge in [-0.2, -0.15) is 0 Å². The number of fused-ring (bicyclic) bond motifs is 2. The summed E-state index contributed by atoms with van der Waals surface area (Å²) in [6, 6.07) is 0.767. The molecule has 1 N–H and O–H groups in total. The van der Waals surface area contributed by atoms with Crippen molar-refractivity contribution in [1.82, 2.24) is 15.5 Å². The summed E-state index contributed by atoms with van der Waals surface area (Å²) in [5.41, 5.74) is 0. The van der Waals surface area contributed by atoms with Crippen molar-refractivity contribution < 1.29 is 0 Å². The van der Waals surface area contributed by atoms with Crippen LogP contribution >= 0.6 is 11.3 Å². The lowest BCUT2D eigenvalue weighted by molar-refractivity contribution is 0.331. The molecule has 0 radical (unpaired) electrons. The van der Waals surface area contributed by atoms with Gasteiger partial charge >= 0.3 is 0 Å². The van der Waals surface area contributed by atoms with E-state index in [4.69, 9.17) is 0 Å². The summed E-state index contributed by atoms with van der Waals surface area (Å²) in [7, 11) is 0. The number of rotatable bonds is 5. The molecule has 1 aromatic heterocycles. The van der Waals surface area contributed by atoms with E-state index in [1.165, 1.54) is 55.0 Å². The van der Waals surface area contributed by atoms with Crippen molar-refractivity contribution in [1.29, 1.82) is 0 Å². The average molecular weight is 263 g/mol. The average Bonchev–Trinajstić information content (AvgIpc) is 2.78. The number of nitrogens with zero attached hydrogens (tertiary/aromatic N) is 2. The normalized spacial score (nSPS) is 34.3. The third-order valence-corrected chi connectivity index (χ3v) is 5.89. The van der Waals surface area contributed by atoms with E-state index < -0.39 is 0 Å². The summed E-state index contributed by atoms with van der Waals surface area (Å²) in [5, 5.41) is 14.7. The van der Waals surface area contributed by atoms with Gasteiger partial charge in [0, 0.05) is 19.0 Å². The molecular weight excluding hydrogens is 242 g/mol. The first-order valence-electron chi connectivity index (χ1n) is 7.41. The highest BCUT2D eigenvalue weighted by Gasteiger charge is 2.39. The molecule has 3 atom stereocenters. The molecule has 3 unspecified atom stereocenters. The molecule has 1 heterocycles. The van der Waals surface area contributed by atoms with Crippen LogP contribution < -0.4 is 5.32 Å². The summed E-state index contributed by atoms with van der Waals surface area (Å²) in [5.74, 6) is 2.97. The molecule has 3 aliphatic rings. The van der Waals surface area contributed by atoms with Crippen LogP contribution in [0.5, 0.6) is 0 Å². The fourth-order valence-corrected chi connectivity index (χ4v) is 4.70. The minimum atomic E-state index is 0.767. The van der Waals surface area contributed by atoms with Crippen molar-refractivity contribution >= 4 is 11.3 Å². The molecule has 0 aliphatic heterocycles. The molecule has 98 valence electrons. The zero-order chi connectivity index (χ0) is 11.9. The van der Waals surface area contributed by atoms with Gasteiger partial charge in [-0.3, -0.25) is 0 Å². The Bertz CT molecular complexity index is 426. The Hall–Kier alpha value is -0.480. The van der Waals surface area contributed by atoms with Crippen molar-refractivity contribution in [2.45, 2.75) is 57.5 Å². The summed E-state index contributed by atoms with van der Waals surface area (Å²) in [4.78, 5) is 0. The zero-order valence-electron chi connectivity index (χ0n) is 10.8. The molecule has 4 rings (SSSR count). The van der Waals surface area contributed by atoms with Gasteiger partial charge in [0.25, 0.3) is 0 Å². The molecule has 3 fully saturated rings. The van der Waals surface area contributed by atoms with Gasteiger partial charge in [-0.05, 0) is 49.9 Å². The molecule has 0 spiro atoms. The zero-order valence-corrected chi connectivity index (χ0v) is 11.6. The van der Waals surface area contributed by atoms with Crippen LogP contribution in [0.4, 0.5) is 0 Å². The third-order valence-electron chi connectivity index (χ3n) is 4.95. The van der Waals surface area contributed by atoms with Crippen LogP contribution in [-0.4, -0.2) is 16.2 Å². The smallest absolute Gasteiger partial charge is 0.131 e. The predicted molar refractivity (Wildman–Crippen MR) is 72.4 cm³/mol. The first-order valence-corrected chi connectivity index (χ1v) is 8.23. The van der Waals surface area contributed by atoms with Gasteiger partial charge in [0.1, 0.15) is 10.0 Å². The highest BCUT2D eigenvalue weighted by molar-refractivity contribution is 7.11. The number of aromatic nitrogens is 2. The minimum Gasteiger partial charge on any atom is -0.308 e. The Morgan fingerprint density at radius 1 is 1.06 bits per heavy atom. The Kier molecular flexibility index (Phi) is 2.88. The SMILES string of the molecule is C(NC1CC1)c1nnc(CC2CC3CCC2C3)s1. The molecule has 18 heavy (non-hydrogen) atoms. The summed E-state index contributed by atoms with van der Waals surface area (Å²) >= 11 is 1.83. The maximum absolute atomic E-state index is 4.39. The van der Waals surface area contributed by atoms with Gasteiger partial charge < -0.3 is 5.32 Å². The summed E-state index contributed by atoms with van der Waals surface area (Å²) < 4.78 is 0. The van der Waals surface area contributed by atoms with Gasteiger partial charge in [-0.15, -0.1) is 21.5 Å². The number of hydrogen-bond donors (Lipinski definition) is 1. The maximum atomic E-state index is 4.39. The quantitative estimate of drug-likeness (QED) is 0.887. The highest BCUT2D eigenvalue weighted by atomic mass is 32.1. The Labute approximate surface area is 112 Å². The standard InChI is InChI=1S/C14H21N3S/c1-2-10-5-9(1)6-11(10)7-13-16-17-14(18-13)8-15-12-3-4-12/h9-12,15H,1-8H2. The van der Waals surface area contributed by atoms with E-state index in [1.54, 1.807) is 0 Å². The molecular formula is C14H21N3S. The fraction of sp³-hybridized carbons (Fsp3) is 0.857.